The Bertz CT molecular complexity index is 171. The molecular formula is C8H18O3PSZn+. The fourth-order valence-electron chi connectivity index (χ4n) is 0.518. The summed E-state index contributed by atoms with van der Waals surface area (Å²) in [5, 5.41) is 0. The third-order valence-electron chi connectivity index (χ3n) is 1.13. The molecule has 0 amide bonds. The molecule has 6 heteroatoms. The first-order chi connectivity index (χ1) is 5.83. The Balaban J connectivity index is 0. The van der Waals surface area contributed by atoms with Crippen LogP contribution in [0.1, 0.15) is 27.7 Å². The molecule has 0 aliphatic carbocycles. The Hall–Kier alpha value is 1.15. The maximum atomic E-state index is 11.4. The summed E-state index contributed by atoms with van der Waals surface area (Å²) in [4.78, 5) is 11.4. The standard InChI is InChI=1S/C8H19O3PS.Zn/c1-7(2)5-10-12(9,13)11-6-8(3)4;/h7-8H,5-6H2,1-4H3,(H,9,13);/q;+2/p-1. The minimum atomic E-state index is -3.22. The van der Waals surface area contributed by atoms with Crippen LogP contribution in [-0.2, 0) is 40.3 Å². The second-order valence-electron chi connectivity index (χ2n) is 3.83. The number of hydrogen-bond donors (Lipinski definition) is 0. The van der Waals surface area contributed by atoms with Crippen LogP contribution in [0.3, 0.4) is 0 Å². The average molecular weight is 291 g/mol. The van der Waals surface area contributed by atoms with Gasteiger partial charge in [-0.3, -0.25) is 0 Å². The molecule has 80 valence electrons. The van der Waals surface area contributed by atoms with Gasteiger partial charge in [0.1, 0.15) is 6.72 Å². The maximum Gasteiger partial charge on any atom is 2.00 e. The Morgan fingerprint density at radius 1 is 1.07 bits per heavy atom. The molecule has 0 aliphatic rings. The van der Waals surface area contributed by atoms with Crippen molar-refractivity contribution in [1.82, 2.24) is 0 Å². The monoisotopic (exact) mass is 289 g/mol. The molecule has 0 fully saturated rings. The van der Waals surface area contributed by atoms with Crippen molar-refractivity contribution in [2.24, 2.45) is 11.8 Å². The van der Waals surface area contributed by atoms with Gasteiger partial charge in [0, 0.05) is 0 Å². The van der Waals surface area contributed by atoms with E-state index in [9.17, 15) is 4.89 Å². The maximum absolute atomic E-state index is 11.4. The van der Waals surface area contributed by atoms with Crippen molar-refractivity contribution in [3.8, 4) is 0 Å². The van der Waals surface area contributed by atoms with Gasteiger partial charge in [0.2, 0.25) is 0 Å². The van der Waals surface area contributed by atoms with Gasteiger partial charge in [0.25, 0.3) is 0 Å². The molecule has 0 atom stereocenters. The van der Waals surface area contributed by atoms with E-state index >= 15 is 0 Å². The van der Waals surface area contributed by atoms with Crippen LogP contribution in [0, 0.1) is 11.8 Å². The van der Waals surface area contributed by atoms with E-state index in [1.54, 1.807) is 0 Å². The van der Waals surface area contributed by atoms with Crippen molar-refractivity contribution in [3.05, 3.63) is 0 Å². The zero-order valence-electron chi connectivity index (χ0n) is 9.36. The molecule has 0 aromatic carbocycles. The zero-order chi connectivity index (χ0) is 10.5. The van der Waals surface area contributed by atoms with Crippen LogP contribution >= 0.6 is 6.72 Å². The molecule has 0 unspecified atom stereocenters. The van der Waals surface area contributed by atoms with Crippen molar-refractivity contribution in [3.63, 3.8) is 0 Å². The minimum Gasteiger partial charge on any atom is -0.780 e. The van der Waals surface area contributed by atoms with Crippen LogP contribution in [0.15, 0.2) is 0 Å². The summed E-state index contributed by atoms with van der Waals surface area (Å²) in [6.07, 6.45) is 0. The van der Waals surface area contributed by atoms with Crippen LogP contribution < -0.4 is 4.89 Å². The summed E-state index contributed by atoms with van der Waals surface area (Å²) in [7, 11) is 0. The van der Waals surface area contributed by atoms with Crippen molar-refractivity contribution in [1.29, 1.82) is 0 Å². The van der Waals surface area contributed by atoms with Crippen molar-refractivity contribution in [2.75, 3.05) is 13.2 Å². The molecule has 0 aromatic heterocycles. The summed E-state index contributed by atoms with van der Waals surface area (Å²) < 4.78 is 9.98. The van der Waals surface area contributed by atoms with E-state index in [4.69, 9.17) is 20.9 Å². The molecule has 0 aromatic rings. The fourth-order valence-corrected chi connectivity index (χ4v) is 1.92. The summed E-state index contributed by atoms with van der Waals surface area (Å²) >= 11 is 4.69. The molecule has 0 saturated carbocycles. The molecular weight excluding hydrogens is 273 g/mol. The summed E-state index contributed by atoms with van der Waals surface area (Å²) in [5.74, 6) is 0.637. The molecule has 0 N–H and O–H groups in total. The second kappa shape index (κ2) is 8.32. The normalized spacial score (nSPS) is 11.9. The quantitative estimate of drug-likeness (QED) is 0.553. The van der Waals surface area contributed by atoms with Gasteiger partial charge in [-0.05, 0) is 11.8 Å². The van der Waals surface area contributed by atoms with E-state index in [1.165, 1.54) is 0 Å². The fraction of sp³-hybridized carbons (Fsp3) is 1.00. The van der Waals surface area contributed by atoms with Gasteiger partial charge < -0.3 is 13.9 Å². The van der Waals surface area contributed by atoms with E-state index < -0.39 is 6.72 Å². The van der Waals surface area contributed by atoms with E-state index in [0.717, 1.165) is 0 Å². The summed E-state index contributed by atoms with van der Waals surface area (Å²) in [6.45, 7) is 5.44. The Morgan fingerprint density at radius 2 is 1.36 bits per heavy atom. The molecule has 0 saturated heterocycles. The molecule has 14 heavy (non-hydrogen) atoms. The minimum absolute atomic E-state index is 0. The topological polar surface area (TPSA) is 41.5 Å². The van der Waals surface area contributed by atoms with Crippen LogP contribution in [0.25, 0.3) is 0 Å². The molecule has 0 rings (SSSR count). The Morgan fingerprint density at radius 3 is 1.57 bits per heavy atom. The number of rotatable bonds is 6. The Labute approximate surface area is 105 Å². The largest absolute Gasteiger partial charge is 2.00 e. The Kier molecular flexibility index (Phi) is 10.4. The van der Waals surface area contributed by atoms with E-state index in [-0.39, 0.29) is 19.5 Å². The third kappa shape index (κ3) is 11.2. The van der Waals surface area contributed by atoms with Crippen LogP contribution in [0.2, 0.25) is 0 Å². The van der Waals surface area contributed by atoms with Gasteiger partial charge in [-0.25, -0.2) is 0 Å². The van der Waals surface area contributed by atoms with Gasteiger partial charge in [-0.2, -0.15) is 0 Å². The SMILES string of the molecule is CC(C)COP([O-])(=S)OCC(C)C.[Zn+2]. The van der Waals surface area contributed by atoms with Crippen molar-refractivity contribution in [2.45, 2.75) is 27.7 Å². The smallest absolute Gasteiger partial charge is 0.780 e. The molecule has 0 aliphatic heterocycles. The van der Waals surface area contributed by atoms with E-state index in [2.05, 4.69) is 0 Å². The predicted molar refractivity (Wildman–Crippen MR) is 55.9 cm³/mol. The van der Waals surface area contributed by atoms with Gasteiger partial charge in [0.05, 0.1) is 13.2 Å². The predicted octanol–water partition coefficient (Wildman–Crippen LogP) is 1.91. The van der Waals surface area contributed by atoms with Crippen molar-refractivity contribution < 1.29 is 33.4 Å². The van der Waals surface area contributed by atoms with Crippen LogP contribution in [0.4, 0.5) is 0 Å². The summed E-state index contributed by atoms with van der Waals surface area (Å²) in [5.41, 5.74) is 0. The molecule has 0 heterocycles. The van der Waals surface area contributed by atoms with Gasteiger partial charge in [-0.15, -0.1) is 0 Å². The van der Waals surface area contributed by atoms with Gasteiger partial charge in [-0.1, -0.05) is 39.5 Å². The van der Waals surface area contributed by atoms with Gasteiger partial charge in [0.15, 0.2) is 0 Å². The van der Waals surface area contributed by atoms with Gasteiger partial charge >= 0.3 is 19.5 Å². The van der Waals surface area contributed by atoms with Crippen LogP contribution in [-0.4, -0.2) is 13.2 Å². The van der Waals surface area contributed by atoms with E-state index in [1.807, 2.05) is 27.7 Å². The van der Waals surface area contributed by atoms with Crippen LogP contribution in [0.5, 0.6) is 0 Å². The zero-order valence-corrected chi connectivity index (χ0v) is 14.0. The second-order valence-corrected chi connectivity index (χ2v) is 6.58. The first-order valence-electron chi connectivity index (χ1n) is 4.43. The molecule has 0 radical (unpaired) electrons. The third-order valence-corrected chi connectivity index (χ3v) is 2.70. The molecule has 0 spiro atoms. The molecule has 3 nitrogen and oxygen atoms in total. The number of hydrogen-bond acceptors (Lipinski definition) is 4. The van der Waals surface area contributed by atoms with E-state index in [0.29, 0.717) is 25.0 Å². The van der Waals surface area contributed by atoms with Crippen molar-refractivity contribution >= 4 is 18.5 Å². The summed E-state index contributed by atoms with van der Waals surface area (Å²) in [6, 6.07) is 0. The average Bonchev–Trinajstić information content (AvgIpc) is 1.98. The first-order valence-corrected chi connectivity index (χ1v) is 6.99. The first kappa shape index (κ1) is 17.5. The molecule has 0 bridgehead atoms.